The van der Waals surface area contributed by atoms with Gasteiger partial charge in [0.15, 0.2) is 11.5 Å². The van der Waals surface area contributed by atoms with Gasteiger partial charge in [-0.3, -0.25) is 4.79 Å². The van der Waals surface area contributed by atoms with E-state index in [4.69, 9.17) is 42.9 Å². The maximum absolute atomic E-state index is 12.3. The molecular formula is C24H20ClN5O6. The van der Waals surface area contributed by atoms with Crippen molar-refractivity contribution in [2.24, 2.45) is 5.16 Å². The normalized spacial score (nSPS) is 10.8. The summed E-state index contributed by atoms with van der Waals surface area (Å²) < 4.78 is 10.9. The predicted octanol–water partition coefficient (Wildman–Crippen LogP) is 2.40. The van der Waals surface area contributed by atoms with Gasteiger partial charge in [0.1, 0.15) is 5.82 Å². The topological polar surface area (TPSA) is 183 Å². The number of anilines is 2. The van der Waals surface area contributed by atoms with Crippen LogP contribution in [-0.2, 0) is 11.2 Å². The van der Waals surface area contributed by atoms with Crippen LogP contribution < -0.4 is 20.9 Å². The van der Waals surface area contributed by atoms with Crippen molar-refractivity contribution in [3.8, 4) is 23.3 Å². The average molecular weight is 510 g/mol. The minimum atomic E-state index is -1.68. The smallest absolute Gasteiger partial charge is 0.362 e. The first-order chi connectivity index (χ1) is 17.2. The second-order valence-corrected chi connectivity index (χ2v) is 7.63. The van der Waals surface area contributed by atoms with Crippen LogP contribution in [-0.4, -0.2) is 52.0 Å². The lowest BCUT2D eigenvalue weighted by Gasteiger charge is -2.13. The Morgan fingerprint density at radius 1 is 1.14 bits per heavy atom. The van der Waals surface area contributed by atoms with E-state index in [9.17, 15) is 9.59 Å². The van der Waals surface area contributed by atoms with Crippen molar-refractivity contribution in [2.75, 3.05) is 25.7 Å². The van der Waals surface area contributed by atoms with E-state index in [2.05, 4.69) is 27.0 Å². The van der Waals surface area contributed by atoms with Crippen LogP contribution in [0.3, 0.4) is 0 Å². The third kappa shape index (κ3) is 5.63. The number of Topliss-reactive ketones (excluding diaryl/α,β-unsaturated/α-hetero) is 1. The van der Waals surface area contributed by atoms with Crippen molar-refractivity contribution in [3.63, 3.8) is 0 Å². The summed E-state index contributed by atoms with van der Waals surface area (Å²) in [6.45, 7) is 0. The van der Waals surface area contributed by atoms with Gasteiger partial charge in [-0.25, -0.2) is 9.78 Å². The zero-order chi connectivity index (χ0) is 26.4. The number of nitrogens with two attached hydrogens (primary N) is 2. The Labute approximate surface area is 210 Å². The van der Waals surface area contributed by atoms with Crippen molar-refractivity contribution >= 4 is 40.8 Å². The number of halogens is 1. The van der Waals surface area contributed by atoms with Crippen LogP contribution in [0.25, 0.3) is 0 Å². The van der Waals surface area contributed by atoms with Gasteiger partial charge >= 0.3 is 5.97 Å². The molecule has 0 aliphatic rings. The molecule has 184 valence electrons. The van der Waals surface area contributed by atoms with Gasteiger partial charge in [0, 0.05) is 29.3 Å². The van der Waals surface area contributed by atoms with Crippen molar-refractivity contribution in [1.82, 2.24) is 9.97 Å². The van der Waals surface area contributed by atoms with E-state index >= 15 is 0 Å². The van der Waals surface area contributed by atoms with E-state index in [1.165, 1.54) is 32.4 Å². The second kappa shape index (κ2) is 11.1. The molecule has 36 heavy (non-hydrogen) atoms. The molecule has 2 aromatic carbocycles. The van der Waals surface area contributed by atoms with E-state index in [-0.39, 0.29) is 22.4 Å². The summed E-state index contributed by atoms with van der Waals surface area (Å²) in [4.78, 5) is 31.3. The molecule has 0 aliphatic carbocycles. The highest BCUT2D eigenvalue weighted by Crippen LogP contribution is 2.33. The fraction of sp³-hybridized carbons (Fsp3) is 0.125. The lowest BCUT2D eigenvalue weighted by atomic mass is 10.0. The van der Waals surface area contributed by atoms with Gasteiger partial charge in [0.2, 0.25) is 17.4 Å². The first-order valence-corrected chi connectivity index (χ1v) is 10.5. The van der Waals surface area contributed by atoms with E-state index in [0.29, 0.717) is 34.6 Å². The summed E-state index contributed by atoms with van der Waals surface area (Å²) in [6, 6.07) is 7.72. The van der Waals surface area contributed by atoms with Gasteiger partial charge in [-0.2, -0.15) is 4.98 Å². The van der Waals surface area contributed by atoms with Crippen LogP contribution in [0.1, 0.15) is 32.6 Å². The number of rotatable bonds is 7. The summed E-state index contributed by atoms with van der Waals surface area (Å²) in [5.74, 6) is 4.37. The molecule has 11 nitrogen and oxygen atoms in total. The molecule has 3 rings (SSSR count). The number of oxime groups is 1. The molecule has 12 heteroatoms. The highest BCUT2D eigenvalue weighted by atomic mass is 35.5. The van der Waals surface area contributed by atoms with Crippen LogP contribution in [0.2, 0.25) is 5.02 Å². The van der Waals surface area contributed by atoms with E-state index < -0.39 is 17.5 Å². The predicted molar refractivity (Wildman–Crippen MR) is 132 cm³/mol. The van der Waals surface area contributed by atoms with Gasteiger partial charge in [-0.05, 0) is 35.9 Å². The van der Waals surface area contributed by atoms with Crippen molar-refractivity contribution in [2.45, 2.75) is 6.42 Å². The fourth-order valence-corrected chi connectivity index (χ4v) is 3.50. The molecule has 0 bridgehead atoms. The molecule has 0 spiro atoms. The van der Waals surface area contributed by atoms with Crippen molar-refractivity contribution < 1.29 is 29.4 Å². The minimum absolute atomic E-state index is 0.0636. The maximum Gasteiger partial charge on any atom is 0.362 e. The third-order valence-electron chi connectivity index (χ3n) is 4.92. The number of hydrogen-bond donors (Lipinski definition) is 4. The van der Waals surface area contributed by atoms with Gasteiger partial charge in [-0.1, -0.05) is 28.6 Å². The summed E-state index contributed by atoms with van der Waals surface area (Å²) in [6.07, 6.45) is 1.92. The number of aromatic nitrogens is 2. The lowest BCUT2D eigenvalue weighted by Crippen LogP contribution is -2.24. The largest absolute Gasteiger partial charge is 0.493 e. The standard InChI is InChI=1S/C24H20ClN5O6/c1-35-18-10-13(8-15-11-28-24(27)29-22(15)26)7-14(21(18)36-2)5-3-12-4-6-16(17(25)9-12)20(31)19(30-34)23(32)33/h4,6-7,9-11,34H,8H2,1-2H3,(H,32,33)(H4,26,27,28,29)/b30-19+. The molecule has 1 aromatic heterocycles. The van der Waals surface area contributed by atoms with Gasteiger partial charge in [0.25, 0.3) is 0 Å². The Bertz CT molecular complexity index is 1440. The monoisotopic (exact) mass is 509 g/mol. The minimum Gasteiger partial charge on any atom is -0.493 e. The molecule has 0 saturated carbocycles. The summed E-state index contributed by atoms with van der Waals surface area (Å²) in [5.41, 5.74) is 12.7. The number of carboxylic acid groups (broad SMARTS) is 1. The molecule has 0 amide bonds. The molecule has 1 heterocycles. The van der Waals surface area contributed by atoms with Gasteiger partial charge in [-0.15, -0.1) is 0 Å². The number of nitrogen functional groups attached to an aromatic ring is 2. The quantitative estimate of drug-likeness (QED) is 0.0920. The number of ether oxygens (including phenoxy) is 2. The lowest BCUT2D eigenvalue weighted by molar-refractivity contribution is -0.129. The summed E-state index contributed by atoms with van der Waals surface area (Å²) in [7, 11) is 2.98. The number of methoxy groups -OCH3 is 2. The Hall–Kier alpha value is -4.82. The van der Waals surface area contributed by atoms with E-state index in [1.807, 2.05) is 0 Å². The molecule has 0 fully saturated rings. The summed E-state index contributed by atoms with van der Waals surface area (Å²) >= 11 is 6.16. The number of benzene rings is 2. The SMILES string of the molecule is COc1cc(Cc2cnc(N)nc2N)cc(C#Cc2ccc(C(=O)/C(=N\O)C(=O)O)c(Cl)c2)c1OC. The molecule has 0 radical (unpaired) electrons. The van der Waals surface area contributed by atoms with Crippen molar-refractivity contribution in [3.05, 3.63) is 69.4 Å². The molecule has 0 unspecified atom stereocenters. The number of aliphatic carboxylic acids is 1. The van der Waals surface area contributed by atoms with Gasteiger partial charge in [0.05, 0.1) is 24.8 Å². The molecule has 3 aromatic rings. The number of ketones is 1. The summed E-state index contributed by atoms with van der Waals surface area (Å²) in [5, 5.41) is 20.2. The highest BCUT2D eigenvalue weighted by Gasteiger charge is 2.24. The van der Waals surface area contributed by atoms with Crippen molar-refractivity contribution in [1.29, 1.82) is 0 Å². The number of carbonyl (C=O) groups excluding carboxylic acids is 1. The van der Waals surface area contributed by atoms with E-state index in [0.717, 1.165) is 5.56 Å². The van der Waals surface area contributed by atoms with E-state index in [1.54, 1.807) is 18.3 Å². The number of hydrogen-bond acceptors (Lipinski definition) is 10. The first kappa shape index (κ1) is 25.8. The Morgan fingerprint density at radius 2 is 1.89 bits per heavy atom. The van der Waals surface area contributed by atoms with Crippen LogP contribution in [0.5, 0.6) is 11.5 Å². The Morgan fingerprint density at radius 3 is 2.47 bits per heavy atom. The maximum atomic E-state index is 12.3. The molecule has 0 atom stereocenters. The van der Waals surface area contributed by atoms with Crippen LogP contribution >= 0.6 is 11.6 Å². The number of nitrogens with zero attached hydrogens (tertiary/aromatic N) is 3. The van der Waals surface area contributed by atoms with Crippen LogP contribution in [0, 0.1) is 11.8 Å². The Balaban J connectivity index is 1.99. The average Bonchev–Trinajstić information content (AvgIpc) is 2.84. The third-order valence-corrected chi connectivity index (χ3v) is 5.24. The molecule has 0 saturated heterocycles. The highest BCUT2D eigenvalue weighted by molar-refractivity contribution is 6.68. The molecule has 0 aliphatic heterocycles. The number of carboxylic acids is 1. The molecule has 6 N–H and O–H groups in total. The number of carbonyl (C=O) groups is 2. The fourth-order valence-electron chi connectivity index (χ4n) is 3.24. The van der Waals surface area contributed by atoms with Crippen LogP contribution in [0.4, 0.5) is 11.8 Å². The zero-order valence-corrected chi connectivity index (χ0v) is 19.8. The van der Waals surface area contributed by atoms with Gasteiger partial charge < -0.3 is 31.3 Å². The molecular weight excluding hydrogens is 490 g/mol. The zero-order valence-electron chi connectivity index (χ0n) is 19.1. The second-order valence-electron chi connectivity index (χ2n) is 7.22. The van der Waals surface area contributed by atoms with Crippen LogP contribution in [0.15, 0.2) is 41.7 Å². The Kier molecular flexibility index (Phi) is 7.93. The first-order valence-electron chi connectivity index (χ1n) is 10.1.